The van der Waals surface area contributed by atoms with E-state index in [1.54, 1.807) is 48.5 Å². The summed E-state index contributed by atoms with van der Waals surface area (Å²) in [5.41, 5.74) is 6.72. The first kappa shape index (κ1) is 26.2. The van der Waals surface area contributed by atoms with Gasteiger partial charge >= 0.3 is 11.6 Å². The van der Waals surface area contributed by atoms with Crippen LogP contribution in [-0.4, -0.2) is 52.5 Å². The van der Waals surface area contributed by atoms with Crippen molar-refractivity contribution in [1.29, 1.82) is 0 Å². The molecule has 0 unspecified atom stereocenters. The second kappa shape index (κ2) is 10.8. The molecule has 0 atom stereocenters. The monoisotopic (exact) mass is 540 g/mol. The molecule has 2 heterocycles. The minimum absolute atomic E-state index is 0.0120. The molecule has 1 aliphatic heterocycles. The van der Waals surface area contributed by atoms with Crippen molar-refractivity contribution in [1.82, 2.24) is 4.90 Å². The van der Waals surface area contributed by atoms with E-state index in [1.165, 1.54) is 29.2 Å². The summed E-state index contributed by atoms with van der Waals surface area (Å²) in [6, 6.07) is 17.0. The van der Waals surface area contributed by atoms with Crippen molar-refractivity contribution in [2.24, 2.45) is 0 Å². The molecule has 40 heavy (non-hydrogen) atoms. The molecule has 0 fully saturated rings. The molecular formula is C30H24N2O8. The SMILES string of the molecule is Nc1ccc(-c2c(C(=O)c3ccc(OCCN4CC(C(=O)O)=CCC4=O)cc3)c3ccc(O)cc3oc2=O)cc1. The number of ether oxygens (including phenoxy) is 1. The number of nitrogens with two attached hydrogens (primary N) is 1. The molecule has 202 valence electrons. The number of amides is 1. The van der Waals surface area contributed by atoms with Gasteiger partial charge in [0, 0.05) is 34.7 Å². The smallest absolute Gasteiger partial charge is 0.344 e. The van der Waals surface area contributed by atoms with Gasteiger partial charge in [-0.3, -0.25) is 9.59 Å². The predicted octanol–water partition coefficient (Wildman–Crippen LogP) is 3.60. The van der Waals surface area contributed by atoms with Gasteiger partial charge in [-0.2, -0.15) is 0 Å². The highest BCUT2D eigenvalue weighted by atomic mass is 16.5. The van der Waals surface area contributed by atoms with Crippen LogP contribution in [0.3, 0.4) is 0 Å². The molecule has 5 rings (SSSR count). The molecule has 10 nitrogen and oxygen atoms in total. The number of aliphatic carboxylic acids is 1. The van der Waals surface area contributed by atoms with Gasteiger partial charge in [0.15, 0.2) is 5.78 Å². The number of fused-ring (bicyclic) bond motifs is 1. The molecule has 1 amide bonds. The zero-order chi connectivity index (χ0) is 28.4. The highest BCUT2D eigenvalue weighted by Crippen LogP contribution is 2.32. The number of anilines is 1. The first-order valence-electron chi connectivity index (χ1n) is 12.3. The maximum atomic E-state index is 13.8. The maximum Gasteiger partial charge on any atom is 0.344 e. The zero-order valence-electron chi connectivity index (χ0n) is 21.1. The van der Waals surface area contributed by atoms with E-state index in [0.717, 1.165) is 0 Å². The summed E-state index contributed by atoms with van der Waals surface area (Å²) in [5.74, 6) is -1.35. The zero-order valence-corrected chi connectivity index (χ0v) is 21.1. The van der Waals surface area contributed by atoms with Gasteiger partial charge in [0.05, 0.1) is 24.2 Å². The Hall–Kier alpha value is -5.38. The summed E-state index contributed by atoms with van der Waals surface area (Å²) in [6.45, 7) is 0.340. The van der Waals surface area contributed by atoms with Crippen molar-refractivity contribution in [3.05, 3.63) is 99.9 Å². The van der Waals surface area contributed by atoms with E-state index in [2.05, 4.69) is 0 Å². The van der Waals surface area contributed by atoms with Gasteiger partial charge in [-0.05, 0) is 54.1 Å². The number of ketones is 1. The number of carboxylic acid groups (broad SMARTS) is 1. The first-order chi connectivity index (χ1) is 19.2. The number of hydrogen-bond acceptors (Lipinski definition) is 8. The Kier molecular flexibility index (Phi) is 7.07. The highest BCUT2D eigenvalue weighted by Gasteiger charge is 2.24. The van der Waals surface area contributed by atoms with E-state index in [9.17, 15) is 29.4 Å². The summed E-state index contributed by atoms with van der Waals surface area (Å²) in [5, 5.41) is 19.4. The number of aromatic hydroxyl groups is 1. The van der Waals surface area contributed by atoms with Crippen molar-refractivity contribution < 1.29 is 33.8 Å². The molecule has 4 aromatic rings. The molecule has 0 saturated carbocycles. The fraction of sp³-hybridized carbons (Fsp3) is 0.133. The summed E-state index contributed by atoms with van der Waals surface area (Å²) in [7, 11) is 0. The molecule has 10 heteroatoms. The van der Waals surface area contributed by atoms with Gasteiger partial charge in [-0.1, -0.05) is 18.2 Å². The van der Waals surface area contributed by atoms with Gasteiger partial charge < -0.3 is 30.0 Å². The van der Waals surface area contributed by atoms with E-state index < -0.39 is 17.4 Å². The number of phenolic OH excluding ortho intramolecular Hbond substituents is 1. The number of carbonyl (C=O) groups excluding carboxylic acids is 2. The third kappa shape index (κ3) is 5.28. The number of carbonyl (C=O) groups is 3. The van der Waals surface area contributed by atoms with E-state index >= 15 is 0 Å². The molecule has 0 aliphatic carbocycles. The average Bonchev–Trinajstić information content (AvgIpc) is 2.93. The summed E-state index contributed by atoms with van der Waals surface area (Å²) < 4.78 is 11.2. The molecular weight excluding hydrogens is 516 g/mol. The van der Waals surface area contributed by atoms with Gasteiger partial charge in [0.2, 0.25) is 5.91 Å². The van der Waals surface area contributed by atoms with Gasteiger partial charge in [-0.25, -0.2) is 9.59 Å². The van der Waals surface area contributed by atoms with Crippen molar-refractivity contribution in [2.75, 3.05) is 25.4 Å². The third-order valence-electron chi connectivity index (χ3n) is 6.58. The Bertz CT molecular complexity index is 1720. The van der Waals surface area contributed by atoms with Gasteiger partial charge in [0.1, 0.15) is 23.7 Å². The third-order valence-corrected chi connectivity index (χ3v) is 6.58. The number of rotatable bonds is 8. The van der Waals surface area contributed by atoms with Crippen LogP contribution < -0.4 is 16.1 Å². The fourth-order valence-electron chi connectivity index (χ4n) is 4.51. The Morgan fingerprint density at radius 1 is 1.00 bits per heavy atom. The van der Waals surface area contributed by atoms with Crippen molar-refractivity contribution in [3.63, 3.8) is 0 Å². The van der Waals surface area contributed by atoms with Crippen LogP contribution >= 0.6 is 0 Å². The fourth-order valence-corrected chi connectivity index (χ4v) is 4.51. The number of carboxylic acids is 1. The number of benzene rings is 3. The molecule has 0 saturated heterocycles. The van der Waals surface area contributed by atoms with Crippen LogP contribution in [0.1, 0.15) is 22.3 Å². The summed E-state index contributed by atoms with van der Waals surface area (Å²) in [4.78, 5) is 51.6. The Labute approximate surface area is 227 Å². The first-order valence-corrected chi connectivity index (χ1v) is 12.3. The molecule has 1 aromatic heterocycles. The minimum atomic E-state index is -1.06. The Morgan fingerprint density at radius 2 is 1.73 bits per heavy atom. The number of hydrogen-bond donors (Lipinski definition) is 3. The summed E-state index contributed by atoms with van der Waals surface area (Å²) >= 11 is 0. The lowest BCUT2D eigenvalue weighted by Crippen LogP contribution is -2.39. The highest BCUT2D eigenvalue weighted by molar-refractivity contribution is 6.19. The average molecular weight is 541 g/mol. The molecule has 3 aromatic carbocycles. The van der Waals surface area contributed by atoms with Crippen LogP contribution in [0.4, 0.5) is 5.69 Å². The minimum Gasteiger partial charge on any atom is -0.508 e. The molecule has 0 bridgehead atoms. The normalized spacial score (nSPS) is 13.2. The lowest BCUT2D eigenvalue weighted by molar-refractivity contribution is -0.135. The standard InChI is InChI=1S/C30H24N2O8/c31-20-6-1-17(2-7-20)26-27(23-11-8-21(33)15-24(23)40-30(26)38)28(35)18-3-9-22(10-4-18)39-14-13-32-16-19(29(36)37)5-12-25(32)34/h1-11,15,33H,12-14,16,31H2,(H,36,37). The maximum absolute atomic E-state index is 13.8. The second-order valence-corrected chi connectivity index (χ2v) is 9.20. The lowest BCUT2D eigenvalue weighted by atomic mass is 9.92. The van der Waals surface area contributed by atoms with Crippen molar-refractivity contribution >= 4 is 34.3 Å². The molecule has 0 spiro atoms. The Balaban J connectivity index is 1.40. The van der Waals surface area contributed by atoms with E-state index in [4.69, 9.17) is 14.9 Å². The van der Waals surface area contributed by atoms with E-state index in [-0.39, 0.29) is 65.6 Å². The molecule has 1 aliphatic rings. The number of nitrogen functional groups attached to an aromatic ring is 1. The lowest BCUT2D eigenvalue weighted by Gasteiger charge is -2.25. The molecule has 4 N–H and O–H groups in total. The van der Waals surface area contributed by atoms with E-state index in [1.807, 2.05) is 0 Å². The van der Waals surface area contributed by atoms with Crippen molar-refractivity contribution in [3.8, 4) is 22.6 Å². The summed E-state index contributed by atoms with van der Waals surface area (Å²) in [6.07, 6.45) is 1.45. The second-order valence-electron chi connectivity index (χ2n) is 9.20. The van der Waals surface area contributed by atoms with Crippen LogP contribution in [0.2, 0.25) is 0 Å². The van der Waals surface area contributed by atoms with Gasteiger partial charge in [0.25, 0.3) is 0 Å². The van der Waals surface area contributed by atoms with Crippen LogP contribution in [0.5, 0.6) is 11.5 Å². The van der Waals surface area contributed by atoms with Crippen LogP contribution in [0, 0.1) is 0 Å². The topological polar surface area (TPSA) is 160 Å². The predicted molar refractivity (Wildman–Crippen MR) is 146 cm³/mol. The van der Waals surface area contributed by atoms with Gasteiger partial charge in [-0.15, -0.1) is 0 Å². The number of phenols is 1. The van der Waals surface area contributed by atoms with Crippen LogP contribution in [0.25, 0.3) is 22.1 Å². The molecule has 0 radical (unpaired) electrons. The largest absolute Gasteiger partial charge is 0.508 e. The van der Waals surface area contributed by atoms with Crippen molar-refractivity contribution in [2.45, 2.75) is 6.42 Å². The quantitative estimate of drug-likeness (QED) is 0.172. The Morgan fingerprint density at radius 3 is 2.42 bits per heavy atom. The van der Waals surface area contributed by atoms with E-state index in [0.29, 0.717) is 22.4 Å². The number of nitrogens with zero attached hydrogens (tertiary/aromatic N) is 1. The van der Waals surface area contributed by atoms with Crippen LogP contribution in [-0.2, 0) is 9.59 Å². The van der Waals surface area contributed by atoms with Crippen LogP contribution in [0.15, 0.2) is 87.6 Å².